The zero-order valence-electron chi connectivity index (χ0n) is 9.31. The average Bonchev–Trinajstić information content (AvgIpc) is 2.71. The molecule has 8 heteroatoms. The minimum atomic E-state index is -0.844. The summed E-state index contributed by atoms with van der Waals surface area (Å²) in [6.07, 6.45) is 0. The molecule has 7 nitrogen and oxygen atoms in total. The number of hydrogen-bond donors (Lipinski definition) is 1. The molecule has 0 saturated heterocycles. The molecule has 0 aliphatic rings. The van der Waals surface area contributed by atoms with Crippen molar-refractivity contribution in [2.24, 2.45) is 5.92 Å². The molecule has 90 valence electrons. The van der Waals surface area contributed by atoms with Gasteiger partial charge in [-0.3, -0.25) is 4.79 Å². The second-order valence-corrected chi connectivity index (χ2v) is 4.98. The molecule has 0 saturated carbocycles. The van der Waals surface area contributed by atoms with Gasteiger partial charge in [0.2, 0.25) is 0 Å². The third-order valence-electron chi connectivity index (χ3n) is 2.14. The van der Waals surface area contributed by atoms with Crippen LogP contribution in [-0.2, 0) is 4.79 Å². The first-order valence-corrected chi connectivity index (χ1v) is 5.91. The Balaban J connectivity index is 2.24. The lowest BCUT2D eigenvalue weighted by atomic mass is 10.1. The van der Waals surface area contributed by atoms with Crippen LogP contribution in [0.2, 0.25) is 0 Å². The molecular formula is C9H11N5O2S. The summed E-state index contributed by atoms with van der Waals surface area (Å²) in [7, 11) is 0. The Morgan fingerprint density at radius 2 is 2.24 bits per heavy atom. The summed E-state index contributed by atoms with van der Waals surface area (Å²) >= 11 is 1.20. The van der Waals surface area contributed by atoms with E-state index in [9.17, 15) is 4.79 Å². The molecule has 0 amide bonds. The van der Waals surface area contributed by atoms with Crippen LogP contribution in [-0.4, -0.2) is 41.6 Å². The van der Waals surface area contributed by atoms with E-state index in [1.807, 2.05) is 13.8 Å². The summed E-state index contributed by atoms with van der Waals surface area (Å²) < 4.78 is 1.28. The van der Waals surface area contributed by atoms with Crippen LogP contribution in [0.5, 0.6) is 0 Å². The molecule has 1 atom stereocenters. The van der Waals surface area contributed by atoms with Crippen molar-refractivity contribution in [3.8, 4) is 0 Å². The quantitative estimate of drug-likeness (QED) is 0.802. The number of rotatable bonds is 4. The summed E-state index contributed by atoms with van der Waals surface area (Å²) in [5.74, 6) is -0.826. The third kappa shape index (κ3) is 2.52. The van der Waals surface area contributed by atoms with Crippen LogP contribution in [0.25, 0.3) is 5.65 Å². The number of hydrogen-bond acceptors (Lipinski definition) is 6. The second kappa shape index (κ2) is 4.66. The summed E-state index contributed by atoms with van der Waals surface area (Å²) in [6, 6.07) is 3.42. The van der Waals surface area contributed by atoms with Crippen molar-refractivity contribution in [3.05, 3.63) is 12.1 Å². The lowest BCUT2D eigenvalue weighted by Gasteiger charge is -2.14. The van der Waals surface area contributed by atoms with Crippen molar-refractivity contribution in [1.82, 2.24) is 25.3 Å². The summed E-state index contributed by atoms with van der Waals surface area (Å²) in [5, 5.41) is 24.1. The van der Waals surface area contributed by atoms with E-state index in [-0.39, 0.29) is 5.92 Å². The van der Waals surface area contributed by atoms with Gasteiger partial charge in [-0.25, -0.2) is 0 Å². The van der Waals surface area contributed by atoms with Gasteiger partial charge in [0.25, 0.3) is 0 Å². The SMILES string of the molecule is CC(C)C(Sc1ccc2nnnn2n1)C(=O)O. The number of carbonyl (C=O) groups is 1. The number of aromatic nitrogens is 5. The maximum Gasteiger partial charge on any atom is 0.317 e. The van der Waals surface area contributed by atoms with Gasteiger partial charge in [0, 0.05) is 0 Å². The normalized spacial score (nSPS) is 13.1. The first-order valence-electron chi connectivity index (χ1n) is 5.03. The number of thioether (sulfide) groups is 1. The molecule has 0 fully saturated rings. The lowest BCUT2D eigenvalue weighted by Crippen LogP contribution is -2.22. The Bertz CT molecular complexity index is 541. The molecule has 2 aromatic heterocycles. The number of carboxylic acids is 1. The molecule has 0 aliphatic carbocycles. The Labute approximate surface area is 101 Å². The van der Waals surface area contributed by atoms with Gasteiger partial charge < -0.3 is 5.11 Å². The van der Waals surface area contributed by atoms with Gasteiger partial charge in [0.15, 0.2) is 5.65 Å². The standard InChI is InChI=1S/C9H11N5O2S/c1-5(2)8(9(15)16)17-7-4-3-6-10-12-13-14(6)11-7/h3-5,8H,1-2H3,(H,15,16). The predicted octanol–water partition coefficient (Wildman–Crippen LogP) is 0.721. The third-order valence-corrected chi connectivity index (χ3v) is 3.60. The molecule has 0 radical (unpaired) electrons. The molecule has 0 aromatic carbocycles. The molecule has 1 unspecified atom stereocenters. The van der Waals surface area contributed by atoms with Crippen molar-refractivity contribution in [2.45, 2.75) is 24.1 Å². The van der Waals surface area contributed by atoms with Crippen LogP contribution in [0.15, 0.2) is 17.2 Å². The van der Waals surface area contributed by atoms with Gasteiger partial charge >= 0.3 is 5.97 Å². The Morgan fingerprint density at radius 3 is 2.88 bits per heavy atom. The molecule has 0 aliphatic heterocycles. The van der Waals surface area contributed by atoms with Crippen molar-refractivity contribution in [3.63, 3.8) is 0 Å². The van der Waals surface area contributed by atoms with Crippen molar-refractivity contribution < 1.29 is 9.90 Å². The molecular weight excluding hydrogens is 242 g/mol. The molecule has 0 spiro atoms. The van der Waals surface area contributed by atoms with Crippen molar-refractivity contribution in [1.29, 1.82) is 0 Å². The maximum atomic E-state index is 11.1. The lowest BCUT2D eigenvalue weighted by molar-refractivity contribution is -0.137. The van der Waals surface area contributed by atoms with Crippen molar-refractivity contribution in [2.75, 3.05) is 0 Å². The van der Waals surface area contributed by atoms with E-state index in [4.69, 9.17) is 5.11 Å². The second-order valence-electron chi connectivity index (χ2n) is 3.82. The Hall–Kier alpha value is -1.70. The van der Waals surface area contributed by atoms with Gasteiger partial charge in [0.05, 0.1) is 0 Å². The highest BCUT2D eigenvalue weighted by atomic mass is 32.2. The van der Waals surface area contributed by atoms with Gasteiger partial charge in [0.1, 0.15) is 10.3 Å². The summed E-state index contributed by atoms with van der Waals surface area (Å²) in [5.41, 5.74) is 0.533. The number of aliphatic carboxylic acids is 1. The monoisotopic (exact) mass is 253 g/mol. The van der Waals surface area contributed by atoms with Crippen molar-refractivity contribution >= 4 is 23.4 Å². The van der Waals surface area contributed by atoms with Gasteiger partial charge in [-0.05, 0) is 28.5 Å². The summed E-state index contributed by atoms with van der Waals surface area (Å²) in [4.78, 5) is 11.1. The van der Waals surface area contributed by atoms with E-state index >= 15 is 0 Å². The Morgan fingerprint density at radius 1 is 1.47 bits per heavy atom. The van der Waals surface area contributed by atoms with Crippen LogP contribution in [0.1, 0.15) is 13.8 Å². The molecule has 2 heterocycles. The first kappa shape index (κ1) is 11.8. The van der Waals surface area contributed by atoms with Crippen LogP contribution in [0, 0.1) is 5.92 Å². The van der Waals surface area contributed by atoms with Crippen LogP contribution >= 0.6 is 11.8 Å². The van der Waals surface area contributed by atoms with Crippen LogP contribution in [0.3, 0.4) is 0 Å². The fraction of sp³-hybridized carbons (Fsp3) is 0.444. The van der Waals surface area contributed by atoms with Gasteiger partial charge in [-0.2, -0.15) is 0 Å². The number of carboxylic acid groups (broad SMARTS) is 1. The topological polar surface area (TPSA) is 93.3 Å². The zero-order chi connectivity index (χ0) is 12.4. The summed E-state index contributed by atoms with van der Waals surface area (Å²) in [6.45, 7) is 3.72. The fourth-order valence-corrected chi connectivity index (χ4v) is 2.20. The van der Waals surface area contributed by atoms with E-state index in [0.717, 1.165) is 0 Å². The van der Waals surface area contributed by atoms with E-state index < -0.39 is 11.2 Å². The zero-order valence-corrected chi connectivity index (χ0v) is 10.1. The minimum absolute atomic E-state index is 0.0175. The highest BCUT2D eigenvalue weighted by Gasteiger charge is 2.23. The molecule has 17 heavy (non-hydrogen) atoms. The number of nitrogens with zero attached hydrogens (tertiary/aromatic N) is 5. The fourth-order valence-electron chi connectivity index (χ4n) is 1.30. The number of fused-ring (bicyclic) bond motifs is 1. The maximum absolute atomic E-state index is 11.1. The molecule has 0 bridgehead atoms. The highest BCUT2D eigenvalue weighted by molar-refractivity contribution is 8.00. The first-order chi connectivity index (χ1) is 8.08. The molecule has 2 rings (SSSR count). The van der Waals surface area contributed by atoms with E-state index in [1.165, 1.54) is 16.4 Å². The molecule has 1 N–H and O–H groups in total. The van der Waals surface area contributed by atoms with E-state index in [2.05, 4.69) is 20.6 Å². The minimum Gasteiger partial charge on any atom is -0.480 e. The van der Waals surface area contributed by atoms with E-state index in [1.54, 1.807) is 12.1 Å². The van der Waals surface area contributed by atoms with Crippen LogP contribution < -0.4 is 0 Å². The average molecular weight is 253 g/mol. The highest BCUT2D eigenvalue weighted by Crippen LogP contribution is 2.26. The van der Waals surface area contributed by atoms with Gasteiger partial charge in [-0.1, -0.05) is 25.6 Å². The van der Waals surface area contributed by atoms with Crippen LogP contribution in [0.4, 0.5) is 0 Å². The Kier molecular flexibility index (Phi) is 3.23. The van der Waals surface area contributed by atoms with Gasteiger partial charge in [-0.15, -0.1) is 14.8 Å². The van der Waals surface area contributed by atoms with E-state index in [0.29, 0.717) is 10.7 Å². The smallest absolute Gasteiger partial charge is 0.317 e. The largest absolute Gasteiger partial charge is 0.480 e. The predicted molar refractivity (Wildman–Crippen MR) is 60.7 cm³/mol. The molecule has 2 aromatic rings. The number of tetrazole rings is 1.